The van der Waals surface area contributed by atoms with Crippen LogP contribution in [0.15, 0.2) is 11.0 Å². The zero-order valence-corrected chi connectivity index (χ0v) is 12.3. The van der Waals surface area contributed by atoms with E-state index in [1.54, 1.807) is 6.07 Å². The van der Waals surface area contributed by atoms with Crippen molar-refractivity contribution < 1.29 is 8.42 Å². The van der Waals surface area contributed by atoms with Crippen molar-refractivity contribution in [3.63, 3.8) is 0 Å². The Kier molecular flexibility index (Phi) is 4.97. The van der Waals surface area contributed by atoms with Gasteiger partial charge in [0.25, 0.3) is 0 Å². The smallest absolute Gasteiger partial charge is 0.241 e. The average molecular weight is 297 g/mol. The molecule has 1 aliphatic rings. The van der Waals surface area contributed by atoms with Crippen LogP contribution in [0.5, 0.6) is 0 Å². The fraction of sp³-hybridized carbons (Fsp3) is 0.600. The summed E-state index contributed by atoms with van der Waals surface area (Å²) in [6.45, 7) is 5.38. The van der Waals surface area contributed by atoms with Crippen LogP contribution >= 0.6 is 23.7 Å². The fourth-order valence-electron chi connectivity index (χ4n) is 1.91. The van der Waals surface area contributed by atoms with Crippen molar-refractivity contribution in [3.05, 3.63) is 15.8 Å². The molecule has 0 amide bonds. The first-order valence-corrected chi connectivity index (χ1v) is 7.59. The number of hydrogen-bond acceptors (Lipinski definition) is 4. The Hall–Kier alpha value is -0.140. The first-order valence-electron chi connectivity index (χ1n) is 5.29. The van der Waals surface area contributed by atoms with Gasteiger partial charge in [-0.15, -0.1) is 23.7 Å². The van der Waals surface area contributed by atoms with Crippen LogP contribution in [-0.2, 0) is 10.0 Å². The molecule has 0 radical (unpaired) electrons. The molecule has 2 rings (SSSR count). The minimum absolute atomic E-state index is 0. The van der Waals surface area contributed by atoms with Crippen LogP contribution in [0, 0.1) is 13.8 Å². The molecule has 2 heterocycles. The second-order valence-corrected chi connectivity index (χ2v) is 7.23. The monoisotopic (exact) mass is 296 g/mol. The molecule has 4 nitrogen and oxygen atoms in total. The van der Waals surface area contributed by atoms with E-state index in [4.69, 9.17) is 0 Å². The Morgan fingerprint density at radius 1 is 1.47 bits per heavy atom. The van der Waals surface area contributed by atoms with Crippen molar-refractivity contribution in [3.8, 4) is 0 Å². The minimum atomic E-state index is -3.33. The van der Waals surface area contributed by atoms with Gasteiger partial charge in [-0.05, 0) is 32.9 Å². The largest absolute Gasteiger partial charge is 0.315 e. The maximum absolute atomic E-state index is 12.1. The van der Waals surface area contributed by atoms with E-state index in [0.29, 0.717) is 4.90 Å². The normalized spacial score (nSPS) is 20.2. The predicted molar refractivity (Wildman–Crippen MR) is 72.6 cm³/mol. The highest BCUT2D eigenvalue weighted by atomic mass is 35.5. The van der Waals surface area contributed by atoms with Gasteiger partial charge in [0.1, 0.15) is 0 Å². The lowest BCUT2D eigenvalue weighted by Gasteiger charge is -2.11. The van der Waals surface area contributed by atoms with Crippen molar-refractivity contribution in [2.45, 2.75) is 31.2 Å². The molecule has 1 fully saturated rings. The van der Waals surface area contributed by atoms with Crippen LogP contribution in [-0.4, -0.2) is 27.5 Å². The molecule has 0 aliphatic carbocycles. The van der Waals surface area contributed by atoms with E-state index in [1.165, 1.54) is 11.3 Å². The molecule has 0 bridgehead atoms. The predicted octanol–water partition coefficient (Wildman–Crippen LogP) is 1.43. The molecule has 1 aromatic heterocycles. The molecule has 17 heavy (non-hydrogen) atoms. The van der Waals surface area contributed by atoms with Gasteiger partial charge in [0, 0.05) is 22.3 Å². The van der Waals surface area contributed by atoms with E-state index in [-0.39, 0.29) is 18.4 Å². The molecule has 0 spiro atoms. The molecule has 1 aromatic rings. The van der Waals surface area contributed by atoms with Crippen molar-refractivity contribution in [1.82, 2.24) is 10.0 Å². The van der Waals surface area contributed by atoms with E-state index < -0.39 is 10.0 Å². The van der Waals surface area contributed by atoms with Gasteiger partial charge in [0.05, 0.1) is 4.90 Å². The Balaban J connectivity index is 0.00000144. The van der Waals surface area contributed by atoms with Crippen molar-refractivity contribution in [2.75, 3.05) is 13.1 Å². The summed E-state index contributed by atoms with van der Waals surface area (Å²) in [6.07, 6.45) is 0.862. The Morgan fingerprint density at radius 2 is 2.18 bits per heavy atom. The average Bonchev–Trinajstić information content (AvgIpc) is 2.75. The molecule has 98 valence electrons. The van der Waals surface area contributed by atoms with Crippen LogP contribution in [0.3, 0.4) is 0 Å². The second kappa shape index (κ2) is 5.67. The summed E-state index contributed by atoms with van der Waals surface area (Å²) in [5, 5.41) is 3.14. The van der Waals surface area contributed by atoms with E-state index >= 15 is 0 Å². The Labute approximate surface area is 112 Å². The quantitative estimate of drug-likeness (QED) is 0.887. The third-order valence-corrected chi connectivity index (χ3v) is 5.41. The van der Waals surface area contributed by atoms with E-state index in [9.17, 15) is 8.42 Å². The summed E-state index contributed by atoms with van der Waals surface area (Å²) in [4.78, 5) is 2.32. The molecule has 0 aromatic carbocycles. The topological polar surface area (TPSA) is 58.2 Å². The highest BCUT2D eigenvalue weighted by molar-refractivity contribution is 7.89. The van der Waals surface area contributed by atoms with Crippen LogP contribution in [0.4, 0.5) is 0 Å². The maximum Gasteiger partial charge on any atom is 0.241 e. The van der Waals surface area contributed by atoms with Gasteiger partial charge in [0.2, 0.25) is 10.0 Å². The van der Waals surface area contributed by atoms with Crippen molar-refractivity contribution in [2.24, 2.45) is 0 Å². The van der Waals surface area contributed by atoms with Gasteiger partial charge in [0.15, 0.2) is 0 Å². The van der Waals surface area contributed by atoms with E-state index in [2.05, 4.69) is 10.0 Å². The number of sulfonamides is 1. The van der Waals surface area contributed by atoms with Crippen molar-refractivity contribution in [1.29, 1.82) is 0 Å². The van der Waals surface area contributed by atoms with Crippen LogP contribution in [0.2, 0.25) is 0 Å². The first kappa shape index (κ1) is 14.9. The summed E-state index contributed by atoms with van der Waals surface area (Å²) >= 11 is 1.52. The second-order valence-electron chi connectivity index (χ2n) is 4.09. The number of hydrogen-bond donors (Lipinski definition) is 2. The maximum atomic E-state index is 12.1. The summed E-state index contributed by atoms with van der Waals surface area (Å²) in [6, 6.07) is 1.77. The molecule has 1 unspecified atom stereocenters. The van der Waals surface area contributed by atoms with Gasteiger partial charge >= 0.3 is 0 Å². The number of rotatable bonds is 3. The molecule has 2 N–H and O–H groups in total. The van der Waals surface area contributed by atoms with E-state index in [1.807, 2.05) is 13.8 Å². The standard InChI is InChI=1S/C10H16N2O2S2.ClH/c1-7-5-10(8(2)15-7)16(13,14)12-9-3-4-11-6-9;/h5,9,11-12H,3-4,6H2,1-2H3;1H. The van der Waals surface area contributed by atoms with Gasteiger partial charge in [-0.3, -0.25) is 0 Å². The molecular weight excluding hydrogens is 280 g/mol. The zero-order chi connectivity index (χ0) is 11.8. The lowest BCUT2D eigenvalue weighted by molar-refractivity contribution is 0.560. The lowest BCUT2D eigenvalue weighted by Crippen LogP contribution is -2.36. The summed E-state index contributed by atoms with van der Waals surface area (Å²) in [5.74, 6) is 0. The van der Waals surface area contributed by atoms with Crippen molar-refractivity contribution >= 4 is 33.8 Å². The van der Waals surface area contributed by atoms with Gasteiger partial charge in [-0.2, -0.15) is 0 Å². The van der Waals surface area contributed by atoms with Gasteiger partial charge in [-0.1, -0.05) is 0 Å². The SMILES string of the molecule is Cc1cc(S(=O)(=O)NC2CCNC2)c(C)s1.Cl. The summed E-state index contributed by atoms with van der Waals surface area (Å²) in [7, 11) is -3.33. The first-order chi connectivity index (χ1) is 7.49. The summed E-state index contributed by atoms with van der Waals surface area (Å²) in [5.41, 5.74) is 0. The zero-order valence-electron chi connectivity index (χ0n) is 9.82. The number of aryl methyl sites for hydroxylation is 2. The molecule has 7 heteroatoms. The molecular formula is C10H17ClN2O2S2. The van der Waals surface area contributed by atoms with Gasteiger partial charge < -0.3 is 5.32 Å². The Bertz CT molecular complexity index is 478. The third kappa shape index (κ3) is 3.42. The van der Waals surface area contributed by atoms with E-state index in [0.717, 1.165) is 29.3 Å². The minimum Gasteiger partial charge on any atom is -0.315 e. The molecule has 1 aliphatic heterocycles. The van der Waals surface area contributed by atoms with Crippen LogP contribution < -0.4 is 10.0 Å². The molecule has 1 saturated heterocycles. The molecule has 0 saturated carbocycles. The highest BCUT2D eigenvalue weighted by Gasteiger charge is 2.24. The summed E-state index contributed by atoms with van der Waals surface area (Å²) < 4.78 is 26.9. The highest BCUT2D eigenvalue weighted by Crippen LogP contribution is 2.25. The molecule has 1 atom stereocenters. The van der Waals surface area contributed by atoms with Gasteiger partial charge in [-0.25, -0.2) is 13.1 Å². The third-order valence-electron chi connectivity index (χ3n) is 2.67. The number of thiophene rings is 1. The van der Waals surface area contributed by atoms with Crippen LogP contribution in [0.1, 0.15) is 16.2 Å². The fourth-order valence-corrected chi connectivity index (χ4v) is 4.74. The Morgan fingerprint density at radius 3 is 2.65 bits per heavy atom. The number of halogens is 1. The van der Waals surface area contributed by atoms with Crippen LogP contribution in [0.25, 0.3) is 0 Å². The lowest BCUT2D eigenvalue weighted by atomic mass is 10.3. The number of nitrogens with one attached hydrogen (secondary N) is 2.